The summed E-state index contributed by atoms with van der Waals surface area (Å²) in [6.45, 7) is 11.7. The Bertz CT molecular complexity index is 606. The molecule has 0 aliphatic rings. The van der Waals surface area contributed by atoms with Gasteiger partial charge in [0, 0.05) is 13.5 Å². The number of benzene rings is 1. The lowest BCUT2D eigenvalue weighted by Gasteiger charge is -2.19. The van der Waals surface area contributed by atoms with Gasteiger partial charge in [0.15, 0.2) is 0 Å². The van der Waals surface area contributed by atoms with Gasteiger partial charge in [-0.25, -0.2) is 9.59 Å². The van der Waals surface area contributed by atoms with Crippen LogP contribution in [0.25, 0.3) is 0 Å². The first-order chi connectivity index (χ1) is 13.0. The third-order valence-corrected chi connectivity index (χ3v) is 2.58. The van der Waals surface area contributed by atoms with Crippen LogP contribution >= 0.6 is 0 Å². The minimum atomic E-state index is -0.581. The largest absolute Gasteiger partial charge is 0.466 e. The van der Waals surface area contributed by atoms with Crippen molar-refractivity contribution in [2.75, 3.05) is 13.2 Å². The number of nitrogens with one attached hydrogen (secondary N) is 1. The molecular formula is C20H32N2O6. The zero-order chi connectivity index (χ0) is 22.2. The van der Waals surface area contributed by atoms with Crippen LogP contribution in [0.3, 0.4) is 0 Å². The normalized spacial score (nSPS) is 9.54. The van der Waals surface area contributed by atoms with E-state index in [1.807, 2.05) is 32.9 Å². The maximum Gasteiger partial charge on any atom is 0.348 e. The van der Waals surface area contributed by atoms with Crippen molar-refractivity contribution < 1.29 is 28.6 Å². The van der Waals surface area contributed by atoms with Gasteiger partial charge in [-0.1, -0.05) is 12.1 Å². The minimum Gasteiger partial charge on any atom is -0.466 e. The second-order valence-corrected chi connectivity index (χ2v) is 6.22. The molecule has 0 amide bonds. The van der Waals surface area contributed by atoms with Gasteiger partial charge in [0.05, 0.1) is 18.8 Å². The first kappa shape index (κ1) is 27.5. The number of rotatable bonds is 5. The van der Waals surface area contributed by atoms with Gasteiger partial charge in [-0.3, -0.25) is 4.79 Å². The highest BCUT2D eigenvalue weighted by atomic mass is 16.6. The SMILES string of the molecule is CC(C)(C)OC(=O)c1ccc(CN)cc1.CCOC(=O)C=N.CCOC(C)=O. The monoisotopic (exact) mass is 396 g/mol. The van der Waals surface area contributed by atoms with E-state index in [2.05, 4.69) is 9.47 Å². The Labute approximate surface area is 166 Å². The van der Waals surface area contributed by atoms with Gasteiger partial charge in [-0.2, -0.15) is 0 Å². The quantitative estimate of drug-likeness (QED) is 0.445. The Balaban J connectivity index is 0. The maximum absolute atomic E-state index is 11.6. The number of esters is 3. The lowest BCUT2D eigenvalue weighted by Crippen LogP contribution is -2.23. The Morgan fingerprint density at radius 1 is 1.04 bits per heavy atom. The predicted octanol–water partition coefficient (Wildman–Crippen LogP) is 2.87. The molecule has 0 heterocycles. The molecule has 0 spiro atoms. The Morgan fingerprint density at radius 3 is 1.79 bits per heavy atom. The van der Waals surface area contributed by atoms with Crippen LogP contribution in [0.15, 0.2) is 24.3 Å². The fourth-order valence-electron chi connectivity index (χ4n) is 1.50. The number of hydrogen-bond donors (Lipinski definition) is 2. The molecular weight excluding hydrogens is 364 g/mol. The summed E-state index contributed by atoms with van der Waals surface area (Å²) in [7, 11) is 0. The summed E-state index contributed by atoms with van der Waals surface area (Å²) >= 11 is 0. The zero-order valence-corrected chi connectivity index (χ0v) is 17.5. The fraction of sp³-hybridized carbons (Fsp3) is 0.500. The van der Waals surface area contributed by atoms with E-state index in [1.54, 1.807) is 26.0 Å². The highest BCUT2D eigenvalue weighted by molar-refractivity contribution is 6.21. The van der Waals surface area contributed by atoms with E-state index in [0.29, 0.717) is 31.5 Å². The zero-order valence-electron chi connectivity index (χ0n) is 17.5. The van der Waals surface area contributed by atoms with E-state index < -0.39 is 11.6 Å². The first-order valence-corrected chi connectivity index (χ1v) is 8.83. The highest BCUT2D eigenvalue weighted by Crippen LogP contribution is 2.12. The van der Waals surface area contributed by atoms with Crippen LogP contribution in [0.5, 0.6) is 0 Å². The second-order valence-electron chi connectivity index (χ2n) is 6.22. The van der Waals surface area contributed by atoms with Crippen molar-refractivity contribution in [1.29, 1.82) is 5.41 Å². The summed E-state index contributed by atoms with van der Waals surface area (Å²) in [5.74, 6) is -1.09. The molecule has 3 N–H and O–H groups in total. The summed E-state index contributed by atoms with van der Waals surface area (Å²) in [5.41, 5.74) is 6.57. The van der Waals surface area contributed by atoms with Crippen LogP contribution in [0, 0.1) is 5.41 Å². The molecule has 0 fully saturated rings. The molecule has 0 unspecified atom stereocenters. The van der Waals surface area contributed by atoms with Crippen molar-refractivity contribution in [3.05, 3.63) is 35.4 Å². The van der Waals surface area contributed by atoms with Gasteiger partial charge in [0.25, 0.3) is 0 Å². The van der Waals surface area contributed by atoms with E-state index in [-0.39, 0.29) is 11.9 Å². The lowest BCUT2D eigenvalue weighted by molar-refractivity contribution is -0.140. The molecule has 0 aliphatic heterocycles. The van der Waals surface area contributed by atoms with E-state index >= 15 is 0 Å². The third-order valence-electron chi connectivity index (χ3n) is 2.58. The number of hydrogen-bond acceptors (Lipinski definition) is 8. The molecule has 8 heteroatoms. The van der Waals surface area contributed by atoms with E-state index in [1.165, 1.54) is 6.92 Å². The van der Waals surface area contributed by atoms with Crippen LogP contribution in [0.2, 0.25) is 0 Å². The van der Waals surface area contributed by atoms with E-state index in [4.69, 9.17) is 15.9 Å². The summed E-state index contributed by atoms with van der Waals surface area (Å²) in [4.78, 5) is 31.4. The second kappa shape index (κ2) is 15.3. The molecule has 1 aromatic carbocycles. The van der Waals surface area contributed by atoms with Gasteiger partial charge in [-0.05, 0) is 52.3 Å². The fourth-order valence-corrected chi connectivity index (χ4v) is 1.50. The molecule has 0 saturated heterocycles. The molecule has 158 valence electrons. The van der Waals surface area contributed by atoms with Crippen LogP contribution in [0.1, 0.15) is 57.5 Å². The van der Waals surface area contributed by atoms with Crippen LogP contribution in [0.4, 0.5) is 0 Å². The average Bonchev–Trinajstić information content (AvgIpc) is 2.61. The Morgan fingerprint density at radius 2 is 1.54 bits per heavy atom. The molecule has 8 nitrogen and oxygen atoms in total. The van der Waals surface area contributed by atoms with E-state index in [0.717, 1.165) is 5.56 Å². The number of carbonyl (C=O) groups excluding carboxylic acids is 3. The van der Waals surface area contributed by atoms with Crippen molar-refractivity contribution >= 4 is 24.1 Å². The standard InChI is InChI=1S/C12H17NO2.C4H7NO2.C4H8O2/c1-12(2,3)15-11(14)10-6-4-9(8-13)5-7-10;1-2-7-4(6)3-5;1-3-6-4(2)5/h4-7H,8,13H2,1-3H3;3,5H,2H2,1H3;3H2,1-2H3. The lowest BCUT2D eigenvalue weighted by atomic mass is 10.1. The van der Waals surface area contributed by atoms with Crippen molar-refractivity contribution in [1.82, 2.24) is 0 Å². The third kappa shape index (κ3) is 16.7. The Hall–Kier alpha value is -2.74. The molecule has 0 aromatic heterocycles. The predicted molar refractivity (Wildman–Crippen MR) is 107 cm³/mol. The highest BCUT2D eigenvalue weighted by Gasteiger charge is 2.17. The summed E-state index contributed by atoms with van der Waals surface area (Å²) < 4.78 is 13.9. The topological polar surface area (TPSA) is 129 Å². The first-order valence-electron chi connectivity index (χ1n) is 8.83. The summed E-state index contributed by atoms with van der Waals surface area (Å²) in [5, 5.41) is 6.31. The van der Waals surface area contributed by atoms with Crippen LogP contribution in [-0.4, -0.2) is 42.9 Å². The molecule has 1 rings (SSSR count). The number of ether oxygens (including phenoxy) is 3. The Kier molecular flexibility index (Phi) is 15.0. The van der Waals surface area contributed by atoms with Crippen LogP contribution in [-0.2, 0) is 30.3 Å². The number of nitrogens with two attached hydrogens (primary N) is 1. The molecule has 28 heavy (non-hydrogen) atoms. The van der Waals surface area contributed by atoms with Crippen molar-refractivity contribution in [2.45, 2.75) is 53.7 Å². The smallest absolute Gasteiger partial charge is 0.348 e. The van der Waals surface area contributed by atoms with Gasteiger partial charge in [-0.15, -0.1) is 0 Å². The van der Waals surface area contributed by atoms with Gasteiger partial charge in [0.2, 0.25) is 0 Å². The van der Waals surface area contributed by atoms with Crippen molar-refractivity contribution in [2.24, 2.45) is 5.73 Å². The summed E-state index contributed by atoms with van der Waals surface area (Å²) in [6, 6.07) is 7.13. The molecule has 0 saturated carbocycles. The van der Waals surface area contributed by atoms with E-state index in [9.17, 15) is 14.4 Å². The van der Waals surface area contributed by atoms with Gasteiger partial charge >= 0.3 is 17.9 Å². The van der Waals surface area contributed by atoms with Crippen LogP contribution < -0.4 is 5.73 Å². The average molecular weight is 396 g/mol. The van der Waals surface area contributed by atoms with Gasteiger partial charge in [0.1, 0.15) is 11.8 Å². The summed E-state index contributed by atoms with van der Waals surface area (Å²) in [6.07, 6.45) is 0.642. The molecule has 0 aliphatic carbocycles. The molecule has 0 atom stereocenters. The molecule has 0 bridgehead atoms. The van der Waals surface area contributed by atoms with Crippen molar-refractivity contribution in [3.8, 4) is 0 Å². The van der Waals surface area contributed by atoms with Gasteiger partial charge < -0.3 is 25.4 Å². The molecule has 1 aromatic rings. The number of carbonyl (C=O) groups is 3. The maximum atomic E-state index is 11.6. The minimum absolute atomic E-state index is 0.211. The van der Waals surface area contributed by atoms with Crippen molar-refractivity contribution in [3.63, 3.8) is 0 Å². The molecule has 0 radical (unpaired) electrons.